The van der Waals surface area contributed by atoms with Gasteiger partial charge in [-0.3, -0.25) is 0 Å². The minimum atomic E-state index is -0.889. The van der Waals surface area contributed by atoms with Gasteiger partial charge in [0.2, 0.25) is 0 Å². The van der Waals surface area contributed by atoms with Gasteiger partial charge >= 0.3 is 0 Å². The summed E-state index contributed by atoms with van der Waals surface area (Å²) < 4.78 is 39.8. The largest absolute Gasteiger partial charge is 0.324 e. The molecule has 1 nitrogen and oxygen atoms in total. The van der Waals surface area contributed by atoms with Gasteiger partial charge in [-0.15, -0.1) is 0 Å². The molecule has 0 aliphatic rings. The zero-order valence-electron chi connectivity index (χ0n) is 10.5. The normalized spacial score (nSPS) is 12.5. The summed E-state index contributed by atoms with van der Waals surface area (Å²) in [5, 5.41) is 0. The van der Waals surface area contributed by atoms with Gasteiger partial charge in [-0.05, 0) is 42.2 Å². The second kappa shape index (κ2) is 5.45. The Morgan fingerprint density at radius 1 is 1.05 bits per heavy atom. The molecule has 2 N–H and O–H groups in total. The van der Waals surface area contributed by atoms with Crippen molar-refractivity contribution in [1.29, 1.82) is 0 Å². The van der Waals surface area contributed by atoms with Crippen molar-refractivity contribution < 1.29 is 13.2 Å². The maximum atomic E-state index is 13.5. The van der Waals surface area contributed by atoms with Crippen LogP contribution < -0.4 is 5.73 Å². The number of rotatable bonds is 3. The van der Waals surface area contributed by atoms with Crippen molar-refractivity contribution in [2.24, 2.45) is 5.73 Å². The Hall–Kier alpha value is -1.81. The maximum absolute atomic E-state index is 13.5. The summed E-state index contributed by atoms with van der Waals surface area (Å²) in [5.41, 5.74) is 7.35. The lowest BCUT2D eigenvalue weighted by Gasteiger charge is -2.14. The summed E-state index contributed by atoms with van der Waals surface area (Å²) in [6, 6.07) is 8.00. The summed E-state index contributed by atoms with van der Waals surface area (Å²) in [6.07, 6.45) is 0.161. The second-order valence-corrected chi connectivity index (χ2v) is 4.53. The van der Waals surface area contributed by atoms with Crippen LogP contribution in [0.3, 0.4) is 0 Å². The molecule has 0 spiro atoms. The van der Waals surface area contributed by atoms with Gasteiger partial charge in [-0.2, -0.15) is 0 Å². The molecule has 0 aliphatic heterocycles. The van der Waals surface area contributed by atoms with E-state index >= 15 is 0 Å². The van der Waals surface area contributed by atoms with Crippen LogP contribution in [0.25, 0.3) is 0 Å². The first kappa shape index (κ1) is 13.6. The molecule has 2 rings (SSSR count). The molecule has 0 aliphatic carbocycles. The van der Waals surface area contributed by atoms with Crippen molar-refractivity contribution in [2.75, 3.05) is 0 Å². The first-order valence-electron chi connectivity index (χ1n) is 5.93. The van der Waals surface area contributed by atoms with Crippen LogP contribution in [-0.4, -0.2) is 0 Å². The van der Waals surface area contributed by atoms with Crippen LogP contribution in [0, 0.1) is 24.4 Å². The van der Waals surface area contributed by atoms with E-state index in [1.807, 2.05) is 0 Å². The van der Waals surface area contributed by atoms with E-state index < -0.39 is 17.7 Å². The molecule has 0 bridgehead atoms. The Morgan fingerprint density at radius 2 is 1.79 bits per heavy atom. The molecule has 2 aromatic rings. The van der Waals surface area contributed by atoms with Crippen LogP contribution in [0.15, 0.2) is 36.4 Å². The fraction of sp³-hybridized carbons (Fsp3) is 0.200. The molecule has 0 aromatic heterocycles. The van der Waals surface area contributed by atoms with Gasteiger partial charge in [0.15, 0.2) is 11.6 Å². The van der Waals surface area contributed by atoms with E-state index in [9.17, 15) is 13.2 Å². The monoisotopic (exact) mass is 265 g/mol. The van der Waals surface area contributed by atoms with Crippen molar-refractivity contribution in [3.05, 3.63) is 70.5 Å². The lowest BCUT2D eigenvalue weighted by Crippen LogP contribution is -2.15. The van der Waals surface area contributed by atoms with Gasteiger partial charge in [-0.25, -0.2) is 13.2 Å². The Labute approximate surface area is 109 Å². The summed E-state index contributed by atoms with van der Waals surface area (Å²) in [4.78, 5) is 0. The highest BCUT2D eigenvalue weighted by Crippen LogP contribution is 2.21. The highest BCUT2D eigenvalue weighted by Gasteiger charge is 2.13. The third kappa shape index (κ3) is 2.96. The molecule has 0 radical (unpaired) electrons. The van der Waals surface area contributed by atoms with Gasteiger partial charge in [0, 0.05) is 6.04 Å². The zero-order valence-corrected chi connectivity index (χ0v) is 10.5. The molecule has 1 unspecified atom stereocenters. The first-order valence-corrected chi connectivity index (χ1v) is 5.93. The van der Waals surface area contributed by atoms with E-state index in [1.54, 1.807) is 19.1 Å². The van der Waals surface area contributed by atoms with Crippen molar-refractivity contribution in [2.45, 2.75) is 19.4 Å². The van der Waals surface area contributed by atoms with Crippen molar-refractivity contribution in [1.82, 2.24) is 0 Å². The highest BCUT2D eigenvalue weighted by atomic mass is 19.2. The molecule has 2 aromatic carbocycles. The summed E-state index contributed by atoms with van der Waals surface area (Å²) in [6.45, 7) is 1.63. The van der Waals surface area contributed by atoms with Crippen molar-refractivity contribution in [3.63, 3.8) is 0 Å². The van der Waals surface area contributed by atoms with E-state index in [2.05, 4.69) is 0 Å². The minimum Gasteiger partial charge on any atom is -0.324 e. The predicted octanol–water partition coefficient (Wildman–Crippen LogP) is 3.65. The molecule has 19 heavy (non-hydrogen) atoms. The van der Waals surface area contributed by atoms with E-state index in [0.717, 1.165) is 6.07 Å². The zero-order chi connectivity index (χ0) is 14.0. The summed E-state index contributed by atoms with van der Waals surface area (Å²) >= 11 is 0. The number of benzene rings is 2. The van der Waals surface area contributed by atoms with E-state index in [4.69, 9.17) is 5.73 Å². The lowest BCUT2D eigenvalue weighted by molar-refractivity contribution is 0.494. The quantitative estimate of drug-likeness (QED) is 0.900. The average molecular weight is 265 g/mol. The van der Waals surface area contributed by atoms with Crippen LogP contribution >= 0.6 is 0 Å². The van der Waals surface area contributed by atoms with E-state index in [0.29, 0.717) is 11.1 Å². The molecular weight excluding hydrogens is 251 g/mol. The Balaban J connectivity index is 2.23. The topological polar surface area (TPSA) is 26.0 Å². The summed E-state index contributed by atoms with van der Waals surface area (Å²) in [5.74, 6) is -2.08. The first-order chi connectivity index (χ1) is 8.99. The third-order valence-corrected chi connectivity index (χ3v) is 3.08. The fourth-order valence-corrected chi connectivity index (χ4v) is 1.96. The lowest BCUT2D eigenvalue weighted by atomic mass is 9.98. The molecule has 100 valence electrons. The van der Waals surface area contributed by atoms with Gasteiger partial charge in [0.1, 0.15) is 5.82 Å². The Kier molecular flexibility index (Phi) is 3.90. The Bertz CT molecular complexity index is 596. The predicted molar refractivity (Wildman–Crippen MR) is 68.1 cm³/mol. The van der Waals surface area contributed by atoms with Crippen LogP contribution in [0.1, 0.15) is 22.7 Å². The number of hydrogen-bond donors (Lipinski definition) is 1. The maximum Gasteiger partial charge on any atom is 0.162 e. The minimum absolute atomic E-state index is 0.161. The highest BCUT2D eigenvalue weighted by molar-refractivity contribution is 5.29. The standard InChI is InChI=1S/C15H14F3N/c1-9-7-10(5-6-12(9)16)14(19)8-11-3-2-4-13(17)15(11)18/h2-7,14H,8,19H2,1H3. The number of nitrogens with two attached hydrogens (primary N) is 1. The smallest absolute Gasteiger partial charge is 0.162 e. The molecule has 0 amide bonds. The number of hydrogen-bond acceptors (Lipinski definition) is 1. The third-order valence-electron chi connectivity index (χ3n) is 3.08. The van der Waals surface area contributed by atoms with E-state index in [-0.39, 0.29) is 17.8 Å². The second-order valence-electron chi connectivity index (χ2n) is 4.53. The fourth-order valence-electron chi connectivity index (χ4n) is 1.96. The molecule has 0 saturated heterocycles. The average Bonchev–Trinajstić information content (AvgIpc) is 2.38. The Morgan fingerprint density at radius 3 is 2.47 bits per heavy atom. The molecule has 0 fully saturated rings. The molecule has 0 saturated carbocycles. The molecule has 1 atom stereocenters. The van der Waals surface area contributed by atoms with Gasteiger partial charge in [-0.1, -0.05) is 24.3 Å². The van der Waals surface area contributed by atoms with Gasteiger partial charge < -0.3 is 5.73 Å². The van der Waals surface area contributed by atoms with Crippen LogP contribution in [0.2, 0.25) is 0 Å². The molecule has 0 heterocycles. The van der Waals surface area contributed by atoms with Gasteiger partial charge in [0.05, 0.1) is 0 Å². The molecular formula is C15H14F3N. The van der Waals surface area contributed by atoms with Crippen LogP contribution in [0.5, 0.6) is 0 Å². The summed E-state index contributed by atoms with van der Waals surface area (Å²) in [7, 11) is 0. The van der Waals surface area contributed by atoms with Crippen molar-refractivity contribution in [3.8, 4) is 0 Å². The number of aryl methyl sites for hydroxylation is 1. The number of halogens is 3. The SMILES string of the molecule is Cc1cc(C(N)Cc2cccc(F)c2F)ccc1F. The van der Waals surface area contributed by atoms with Crippen LogP contribution in [-0.2, 0) is 6.42 Å². The molecule has 4 heteroatoms. The van der Waals surface area contributed by atoms with Crippen molar-refractivity contribution >= 4 is 0 Å². The van der Waals surface area contributed by atoms with Gasteiger partial charge in [0.25, 0.3) is 0 Å². The van der Waals surface area contributed by atoms with Crippen LogP contribution in [0.4, 0.5) is 13.2 Å². The van der Waals surface area contributed by atoms with E-state index in [1.165, 1.54) is 18.2 Å².